The molecule has 5 nitrogen and oxygen atoms in total. The van der Waals surface area contributed by atoms with Crippen LogP contribution in [0.1, 0.15) is 32.1 Å². The molecule has 0 bridgehead atoms. The fourth-order valence-corrected chi connectivity index (χ4v) is 2.39. The monoisotopic (exact) mass is 253 g/mol. The van der Waals surface area contributed by atoms with Crippen LogP contribution in [0.2, 0.25) is 0 Å². The number of rotatable bonds is 6. The molecule has 18 heavy (non-hydrogen) atoms. The minimum absolute atomic E-state index is 0.00338. The molecule has 2 fully saturated rings. The standard InChI is InChI=1S/C13H23N3O2/c1-16(2)8-4-3-5-10-12(17)15-11(9-6-7-9)13(18)14-10/h9-11H,3-8H2,1-2H3,(H,14,18)(H,15,17)/t10-,11-/m0/s1. The molecule has 0 aromatic rings. The lowest BCUT2D eigenvalue weighted by molar-refractivity contribution is -0.137. The molecule has 0 aromatic heterocycles. The van der Waals surface area contributed by atoms with Crippen molar-refractivity contribution in [3.05, 3.63) is 0 Å². The van der Waals surface area contributed by atoms with Crippen LogP contribution in [0.25, 0.3) is 0 Å². The first-order valence-corrected chi connectivity index (χ1v) is 6.83. The van der Waals surface area contributed by atoms with E-state index in [0.717, 1.165) is 38.6 Å². The second-order valence-electron chi connectivity index (χ2n) is 5.68. The van der Waals surface area contributed by atoms with E-state index in [2.05, 4.69) is 15.5 Å². The molecule has 1 saturated heterocycles. The Morgan fingerprint density at radius 2 is 1.83 bits per heavy atom. The Bertz CT molecular complexity index is 326. The number of carbonyl (C=O) groups is 2. The highest BCUT2D eigenvalue weighted by Crippen LogP contribution is 2.33. The molecule has 102 valence electrons. The molecule has 2 N–H and O–H groups in total. The molecule has 0 spiro atoms. The first-order chi connectivity index (χ1) is 8.58. The second kappa shape index (κ2) is 5.69. The van der Waals surface area contributed by atoms with Gasteiger partial charge in [-0.25, -0.2) is 0 Å². The Balaban J connectivity index is 1.73. The van der Waals surface area contributed by atoms with Crippen molar-refractivity contribution in [1.82, 2.24) is 15.5 Å². The maximum atomic E-state index is 11.9. The average molecular weight is 253 g/mol. The molecule has 0 aromatic carbocycles. The maximum Gasteiger partial charge on any atom is 0.243 e. The molecule has 0 radical (unpaired) electrons. The summed E-state index contributed by atoms with van der Waals surface area (Å²) >= 11 is 0. The van der Waals surface area contributed by atoms with Crippen LogP contribution < -0.4 is 10.6 Å². The molecule has 2 atom stereocenters. The third-order valence-electron chi connectivity index (χ3n) is 3.65. The number of hydrogen-bond acceptors (Lipinski definition) is 3. The maximum absolute atomic E-state index is 11.9. The van der Waals surface area contributed by atoms with Gasteiger partial charge in [-0.2, -0.15) is 0 Å². The van der Waals surface area contributed by atoms with Gasteiger partial charge in [-0.15, -0.1) is 0 Å². The zero-order chi connectivity index (χ0) is 13.1. The van der Waals surface area contributed by atoms with E-state index in [0.29, 0.717) is 5.92 Å². The zero-order valence-corrected chi connectivity index (χ0v) is 11.2. The van der Waals surface area contributed by atoms with Gasteiger partial charge in [0, 0.05) is 0 Å². The van der Waals surface area contributed by atoms with Crippen molar-refractivity contribution >= 4 is 11.8 Å². The predicted octanol–water partition coefficient (Wildman–Crippen LogP) is 0.112. The van der Waals surface area contributed by atoms with Crippen molar-refractivity contribution in [3.63, 3.8) is 0 Å². The van der Waals surface area contributed by atoms with E-state index in [1.165, 1.54) is 0 Å². The zero-order valence-electron chi connectivity index (χ0n) is 11.2. The molecule has 1 saturated carbocycles. The van der Waals surface area contributed by atoms with Gasteiger partial charge in [0.25, 0.3) is 0 Å². The van der Waals surface area contributed by atoms with E-state index >= 15 is 0 Å². The number of carbonyl (C=O) groups excluding carboxylic acids is 2. The van der Waals surface area contributed by atoms with E-state index in [4.69, 9.17) is 0 Å². The van der Waals surface area contributed by atoms with Gasteiger partial charge in [0.2, 0.25) is 11.8 Å². The first kappa shape index (κ1) is 13.3. The van der Waals surface area contributed by atoms with Gasteiger partial charge in [0.1, 0.15) is 12.1 Å². The molecule has 2 rings (SSSR count). The van der Waals surface area contributed by atoms with Crippen LogP contribution in [0.4, 0.5) is 0 Å². The van der Waals surface area contributed by atoms with Crippen LogP contribution in [-0.4, -0.2) is 49.4 Å². The Kier molecular flexibility index (Phi) is 4.22. The van der Waals surface area contributed by atoms with E-state index < -0.39 is 0 Å². The largest absolute Gasteiger partial charge is 0.343 e. The number of unbranched alkanes of at least 4 members (excludes halogenated alkanes) is 1. The molecule has 5 heteroatoms. The first-order valence-electron chi connectivity index (χ1n) is 6.83. The van der Waals surface area contributed by atoms with Gasteiger partial charge in [0.15, 0.2) is 0 Å². The molecule has 1 heterocycles. The molecule has 1 aliphatic carbocycles. The smallest absolute Gasteiger partial charge is 0.243 e. The fourth-order valence-electron chi connectivity index (χ4n) is 2.39. The summed E-state index contributed by atoms with van der Waals surface area (Å²) in [5, 5.41) is 5.73. The summed E-state index contributed by atoms with van der Waals surface area (Å²) in [5.41, 5.74) is 0. The van der Waals surface area contributed by atoms with Crippen molar-refractivity contribution in [2.24, 2.45) is 5.92 Å². The summed E-state index contributed by atoms with van der Waals surface area (Å²) in [6, 6.07) is -0.592. The quantitative estimate of drug-likeness (QED) is 0.661. The normalized spacial score (nSPS) is 28.2. The van der Waals surface area contributed by atoms with Crippen LogP contribution >= 0.6 is 0 Å². The number of amides is 2. The van der Waals surface area contributed by atoms with Crippen molar-refractivity contribution in [3.8, 4) is 0 Å². The van der Waals surface area contributed by atoms with Crippen molar-refractivity contribution in [2.75, 3.05) is 20.6 Å². The van der Waals surface area contributed by atoms with Gasteiger partial charge in [-0.1, -0.05) is 0 Å². The summed E-state index contributed by atoms with van der Waals surface area (Å²) in [7, 11) is 4.07. The lowest BCUT2D eigenvalue weighted by Crippen LogP contribution is -2.62. The third kappa shape index (κ3) is 3.45. The lowest BCUT2D eigenvalue weighted by atomic mass is 10.0. The van der Waals surface area contributed by atoms with E-state index in [-0.39, 0.29) is 23.9 Å². The topological polar surface area (TPSA) is 61.4 Å². The van der Waals surface area contributed by atoms with Crippen LogP contribution in [0.5, 0.6) is 0 Å². The lowest BCUT2D eigenvalue weighted by Gasteiger charge is -2.29. The molecule has 2 aliphatic rings. The molecule has 1 aliphatic heterocycles. The summed E-state index contributed by atoms with van der Waals surface area (Å²) in [6.45, 7) is 1.02. The van der Waals surface area contributed by atoms with Gasteiger partial charge >= 0.3 is 0 Å². The number of piperazine rings is 1. The number of nitrogens with one attached hydrogen (secondary N) is 2. The van der Waals surface area contributed by atoms with E-state index in [1.54, 1.807) is 0 Å². The van der Waals surface area contributed by atoms with Crippen LogP contribution in [0.3, 0.4) is 0 Å². The van der Waals surface area contributed by atoms with Crippen LogP contribution in [0, 0.1) is 5.92 Å². The van der Waals surface area contributed by atoms with Gasteiger partial charge < -0.3 is 15.5 Å². The second-order valence-corrected chi connectivity index (χ2v) is 5.68. The van der Waals surface area contributed by atoms with Gasteiger partial charge in [0.05, 0.1) is 0 Å². The van der Waals surface area contributed by atoms with E-state index in [9.17, 15) is 9.59 Å². The van der Waals surface area contributed by atoms with Crippen LogP contribution in [0.15, 0.2) is 0 Å². The highest BCUT2D eigenvalue weighted by molar-refractivity contribution is 5.97. The van der Waals surface area contributed by atoms with E-state index in [1.807, 2.05) is 14.1 Å². The van der Waals surface area contributed by atoms with Crippen LogP contribution in [-0.2, 0) is 9.59 Å². The minimum Gasteiger partial charge on any atom is -0.343 e. The summed E-state index contributed by atoms with van der Waals surface area (Å²) in [4.78, 5) is 25.8. The fraction of sp³-hybridized carbons (Fsp3) is 0.846. The molecular weight excluding hydrogens is 230 g/mol. The summed E-state index contributed by atoms with van der Waals surface area (Å²) in [5.74, 6) is 0.384. The average Bonchev–Trinajstić information content (AvgIpc) is 3.12. The minimum atomic E-state index is -0.324. The summed E-state index contributed by atoms with van der Waals surface area (Å²) < 4.78 is 0. The predicted molar refractivity (Wildman–Crippen MR) is 69.0 cm³/mol. The Morgan fingerprint density at radius 3 is 2.44 bits per heavy atom. The van der Waals surface area contributed by atoms with Gasteiger partial charge in [-0.3, -0.25) is 9.59 Å². The van der Waals surface area contributed by atoms with Crippen molar-refractivity contribution < 1.29 is 9.59 Å². The SMILES string of the molecule is CN(C)CCCC[C@@H]1NC(=O)[C@H](C2CC2)NC1=O. The van der Waals surface area contributed by atoms with Gasteiger partial charge in [-0.05, 0) is 58.7 Å². The summed E-state index contributed by atoms with van der Waals surface area (Å²) in [6.07, 6.45) is 4.88. The molecule has 0 unspecified atom stereocenters. The third-order valence-corrected chi connectivity index (χ3v) is 3.65. The Morgan fingerprint density at radius 1 is 1.11 bits per heavy atom. The number of nitrogens with zero attached hydrogens (tertiary/aromatic N) is 1. The highest BCUT2D eigenvalue weighted by atomic mass is 16.2. The Hall–Kier alpha value is -1.10. The molecule has 2 amide bonds. The number of hydrogen-bond donors (Lipinski definition) is 2. The Labute approximate surface area is 108 Å². The van der Waals surface area contributed by atoms with Crippen molar-refractivity contribution in [2.45, 2.75) is 44.2 Å². The molecular formula is C13H23N3O2. The van der Waals surface area contributed by atoms with Crippen molar-refractivity contribution in [1.29, 1.82) is 0 Å². The highest BCUT2D eigenvalue weighted by Gasteiger charge is 2.42.